The number of hydrogen-bond acceptors (Lipinski definition) is 3. The molecule has 1 spiro atoms. The molecule has 3 aliphatic heterocycles. The van der Waals surface area contributed by atoms with E-state index in [1.165, 1.54) is 94.7 Å². The van der Waals surface area contributed by atoms with Crippen LogP contribution in [0.2, 0.25) is 0 Å². The smallest absolute Gasteiger partial charge is 0.333 e. The molecule has 0 fully saturated rings. The molecule has 0 saturated heterocycles. The molecule has 0 saturated carbocycles. The first-order valence-corrected chi connectivity index (χ1v) is 22.6. The summed E-state index contributed by atoms with van der Waals surface area (Å²) < 4.78 is 6.79. The summed E-state index contributed by atoms with van der Waals surface area (Å²) in [5.41, 5.74) is 25.3. The van der Waals surface area contributed by atoms with Crippen LogP contribution in [0, 0.1) is 6.92 Å². The Hall–Kier alpha value is -7.56. The van der Waals surface area contributed by atoms with Crippen molar-refractivity contribution in [3.05, 3.63) is 221 Å². The topological polar surface area (TPSA) is 19.6 Å². The molecule has 9 aromatic carbocycles. The van der Waals surface area contributed by atoms with Gasteiger partial charge in [-0.3, -0.25) is 0 Å². The summed E-state index contributed by atoms with van der Waals surface area (Å²) in [6, 6.07) is 70.9. The van der Waals surface area contributed by atoms with E-state index in [1.54, 1.807) is 0 Å². The van der Waals surface area contributed by atoms with Crippen LogP contribution in [0.4, 0.5) is 28.4 Å². The molecule has 4 aliphatic rings. The Balaban J connectivity index is 1.14. The van der Waals surface area contributed by atoms with Gasteiger partial charge in [-0.05, 0) is 109 Å². The Bertz CT molecular complexity index is 3600. The van der Waals surface area contributed by atoms with Gasteiger partial charge in [0.2, 0.25) is 0 Å². The zero-order chi connectivity index (χ0) is 42.6. The zero-order valence-corrected chi connectivity index (χ0v) is 36.3. The minimum atomic E-state index is -0.497. The number of nitrogens with zero attached hydrogens (tertiary/aromatic N) is 2. The fourth-order valence-electron chi connectivity index (χ4n) is 12.2. The van der Waals surface area contributed by atoms with Crippen LogP contribution in [0.3, 0.4) is 0 Å². The van der Waals surface area contributed by atoms with Crippen LogP contribution < -0.4 is 20.6 Å². The van der Waals surface area contributed by atoms with Gasteiger partial charge in [0.25, 0.3) is 0 Å². The number of anilines is 5. The van der Waals surface area contributed by atoms with Gasteiger partial charge in [-0.15, -0.1) is 0 Å². The molecule has 0 bridgehead atoms. The molecule has 3 nitrogen and oxygen atoms in total. The average Bonchev–Trinajstić information content (AvgIpc) is 3.83. The minimum absolute atomic E-state index is 0.0311. The number of rotatable bonds is 2. The lowest BCUT2D eigenvalue weighted by molar-refractivity contribution is 0.590. The molecule has 0 radical (unpaired) electrons. The predicted molar refractivity (Wildman–Crippen MR) is 267 cm³/mol. The van der Waals surface area contributed by atoms with Crippen LogP contribution >= 0.6 is 0 Å². The highest BCUT2D eigenvalue weighted by Crippen LogP contribution is 2.65. The van der Waals surface area contributed by atoms with E-state index in [1.807, 2.05) is 0 Å². The Kier molecular flexibility index (Phi) is 7.05. The van der Waals surface area contributed by atoms with Crippen molar-refractivity contribution in [3.8, 4) is 33.4 Å². The van der Waals surface area contributed by atoms with Gasteiger partial charge >= 0.3 is 6.85 Å². The van der Waals surface area contributed by atoms with Crippen LogP contribution in [0.5, 0.6) is 0 Å². The minimum Gasteiger partial charge on any atom is -0.456 e. The standard InChI is InChI=1S/C60H43BN2O/c1-36-31-45-42-22-16-26-49-58(42)63(52-27-14-13-25-48(52)60(49)46-23-11-8-19-39(46)40-20-9-12-24-47(40)60)61-50-34-44-41-21-10-15-28-55(41)64-56(44)35-53(50)62(54(32-36)57(45)61)51-30-29-38(59(2,3)4)33-43(51)37-17-6-5-7-18-37/h5-35H,1-4H3. The van der Waals surface area contributed by atoms with Gasteiger partial charge in [-0.2, -0.15) is 0 Å². The molecule has 10 aromatic rings. The van der Waals surface area contributed by atoms with E-state index in [-0.39, 0.29) is 12.3 Å². The van der Waals surface area contributed by atoms with Crippen LogP contribution in [-0.2, 0) is 10.8 Å². The van der Waals surface area contributed by atoms with Gasteiger partial charge in [0.1, 0.15) is 11.2 Å². The van der Waals surface area contributed by atoms with Gasteiger partial charge < -0.3 is 14.1 Å². The largest absolute Gasteiger partial charge is 0.456 e. The molecule has 4 heteroatoms. The van der Waals surface area contributed by atoms with Crippen LogP contribution in [0.15, 0.2) is 192 Å². The third kappa shape index (κ3) is 4.52. The molecule has 0 amide bonds. The first-order valence-electron chi connectivity index (χ1n) is 22.6. The molecule has 0 unspecified atom stereocenters. The number of furan rings is 1. The van der Waals surface area contributed by atoms with Crippen molar-refractivity contribution in [2.75, 3.05) is 9.71 Å². The highest BCUT2D eigenvalue weighted by Gasteiger charge is 2.56. The van der Waals surface area contributed by atoms with Crippen molar-refractivity contribution in [1.29, 1.82) is 0 Å². The number of fused-ring (bicyclic) bond motifs is 16. The number of hydrogen-bond donors (Lipinski definition) is 0. The monoisotopic (exact) mass is 818 g/mol. The maximum atomic E-state index is 6.79. The first-order chi connectivity index (χ1) is 31.3. The van der Waals surface area contributed by atoms with E-state index in [9.17, 15) is 0 Å². The Morgan fingerprint density at radius 1 is 0.469 bits per heavy atom. The fourth-order valence-corrected chi connectivity index (χ4v) is 12.2. The van der Waals surface area contributed by atoms with Gasteiger partial charge in [0.05, 0.1) is 11.1 Å². The van der Waals surface area contributed by atoms with E-state index in [2.05, 4.69) is 225 Å². The molecule has 1 aliphatic carbocycles. The molecule has 0 atom stereocenters. The summed E-state index contributed by atoms with van der Waals surface area (Å²) in [4.78, 5) is 5.29. The third-order valence-electron chi connectivity index (χ3n) is 14.8. The van der Waals surface area contributed by atoms with E-state index < -0.39 is 5.41 Å². The second-order valence-corrected chi connectivity index (χ2v) is 19.3. The van der Waals surface area contributed by atoms with E-state index in [0.717, 1.165) is 33.3 Å². The third-order valence-corrected chi connectivity index (χ3v) is 14.8. The second-order valence-electron chi connectivity index (χ2n) is 19.3. The summed E-state index contributed by atoms with van der Waals surface area (Å²) in [6.07, 6.45) is 0. The lowest BCUT2D eigenvalue weighted by atomic mass is 9.42. The summed E-state index contributed by atoms with van der Waals surface area (Å²) >= 11 is 0. The Morgan fingerprint density at radius 2 is 1.14 bits per heavy atom. The van der Waals surface area contributed by atoms with Gasteiger partial charge in [0.15, 0.2) is 0 Å². The molecule has 0 N–H and O–H groups in total. The zero-order valence-electron chi connectivity index (χ0n) is 36.3. The van der Waals surface area contributed by atoms with E-state index >= 15 is 0 Å². The summed E-state index contributed by atoms with van der Waals surface area (Å²) in [6.45, 7) is 9.05. The van der Waals surface area contributed by atoms with Crippen molar-refractivity contribution < 1.29 is 4.42 Å². The van der Waals surface area contributed by atoms with Crippen LogP contribution in [0.25, 0.3) is 55.3 Å². The van der Waals surface area contributed by atoms with Gasteiger partial charge in [-0.25, -0.2) is 0 Å². The SMILES string of the molecule is Cc1cc2c3c(c1)N(c1ccc(C(C)(C)C)cc1-c1ccccc1)c1cc4oc5ccccc5c4cc1B3N1c3ccccc3C3(c4ccccc4-c4ccccc43)c3cccc-2c31. The molecule has 1 aromatic heterocycles. The van der Waals surface area contributed by atoms with Gasteiger partial charge in [-0.1, -0.05) is 172 Å². The van der Waals surface area contributed by atoms with E-state index in [4.69, 9.17) is 4.42 Å². The number of benzene rings is 9. The molecule has 4 heterocycles. The van der Waals surface area contributed by atoms with Crippen molar-refractivity contribution in [2.24, 2.45) is 0 Å². The van der Waals surface area contributed by atoms with Gasteiger partial charge in [0, 0.05) is 50.7 Å². The molecular weight excluding hydrogens is 775 g/mol. The Labute approximate surface area is 374 Å². The molecule has 14 rings (SSSR count). The number of para-hydroxylation sites is 3. The van der Waals surface area contributed by atoms with E-state index in [0.29, 0.717) is 0 Å². The quantitative estimate of drug-likeness (QED) is 0.162. The Morgan fingerprint density at radius 3 is 1.92 bits per heavy atom. The first kappa shape index (κ1) is 36.0. The molecular formula is C60H43BN2O. The average molecular weight is 819 g/mol. The maximum absolute atomic E-state index is 6.79. The normalized spacial score (nSPS) is 14.6. The van der Waals surface area contributed by atoms with Crippen molar-refractivity contribution in [2.45, 2.75) is 38.5 Å². The molecule has 64 heavy (non-hydrogen) atoms. The predicted octanol–water partition coefficient (Wildman–Crippen LogP) is 14.2. The van der Waals surface area contributed by atoms with Crippen molar-refractivity contribution in [1.82, 2.24) is 0 Å². The van der Waals surface area contributed by atoms with Crippen LogP contribution in [-0.4, -0.2) is 6.85 Å². The fraction of sp³-hybridized carbons (Fsp3) is 0.100. The summed E-state index contributed by atoms with van der Waals surface area (Å²) in [5, 5.41) is 2.27. The van der Waals surface area contributed by atoms with Crippen LogP contribution in [0.1, 0.15) is 54.2 Å². The summed E-state index contributed by atoms with van der Waals surface area (Å²) in [5.74, 6) is 0. The second kappa shape index (κ2) is 12.5. The maximum Gasteiger partial charge on any atom is 0.333 e. The lowest BCUT2D eigenvalue weighted by Gasteiger charge is -2.52. The number of aryl methyl sites for hydroxylation is 1. The van der Waals surface area contributed by atoms with Crippen molar-refractivity contribution in [3.63, 3.8) is 0 Å². The summed E-state index contributed by atoms with van der Waals surface area (Å²) in [7, 11) is 0. The van der Waals surface area contributed by atoms with Crippen molar-refractivity contribution >= 4 is 68.1 Å². The molecule has 302 valence electrons. The lowest BCUT2D eigenvalue weighted by Crippen LogP contribution is -2.63. The highest BCUT2D eigenvalue weighted by molar-refractivity contribution is 6.94. The highest BCUT2D eigenvalue weighted by atomic mass is 16.3.